The fourth-order valence-corrected chi connectivity index (χ4v) is 3.50. The molecule has 3 rings (SSSR count). The quantitative estimate of drug-likeness (QED) is 0.812. The van der Waals surface area contributed by atoms with Crippen molar-refractivity contribution in [3.05, 3.63) is 48.0 Å². The lowest BCUT2D eigenvalue weighted by molar-refractivity contribution is -0.126. The number of likely N-dealkylation sites (tertiary alicyclic amines) is 1. The van der Waals surface area contributed by atoms with Gasteiger partial charge in [0.15, 0.2) is 0 Å². The molecule has 0 unspecified atom stereocenters. The minimum Gasteiger partial charge on any atom is -0.385 e. The lowest BCUT2D eigenvalue weighted by atomic mass is 9.95. The standard InChI is InChI=1S/C21H26N2O3/c1-26-15-5-12-22-20(24)17-10-13-23(14-11-17)21(25)19-9-4-7-16-6-2-3-8-18(16)19/h2-4,6-9,17H,5,10-15H2,1H3,(H,22,24). The molecule has 1 saturated heterocycles. The van der Waals surface area contributed by atoms with E-state index in [9.17, 15) is 9.59 Å². The van der Waals surface area contributed by atoms with Crippen molar-refractivity contribution in [3.63, 3.8) is 0 Å². The number of amides is 2. The summed E-state index contributed by atoms with van der Waals surface area (Å²) >= 11 is 0. The number of hydrogen-bond acceptors (Lipinski definition) is 3. The van der Waals surface area contributed by atoms with Gasteiger partial charge in [0.1, 0.15) is 0 Å². The number of hydrogen-bond donors (Lipinski definition) is 1. The van der Waals surface area contributed by atoms with Crippen LogP contribution in [0.2, 0.25) is 0 Å². The normalized spacial score (nSPS) is 15.2. The molecule has 1 aliphatic rings. The van der Waals surface area contributed by atoms with Gasteiger partial charge >= 0.3 is 0 Å². The minimum atomic E-state index is -0.00545. The second kappa shape index (κ2) is 8.81. The van der Waals surface area contributed by atoms with E-state index in [1.165, 1.54) is 0 Å². The third-order valence-electron chi connectivity index (χ3n) is 5.00. The fraction of sp³-hybridized carbons (Fsp3) is 0.429. The molecule has 5 heteroatoms. The lowest BCUT2D eigenvalue weighted by Crippen LogP contribution is -2.43. The summed E-state index contributed by atoms with van der Waals surface area (Å²) in [5.41, 5.74) is 0.741. The molecule has 138 valence electrons. The van der Waals surface area contributed by atoms with Gasteiger partial charge in [-0.1, -0.05) is 36.4 Å². The second-order valence-electron chi connectivity index (χ2n) is 6.73. The smallest absolute Gasteiger partial charge is 0.254 e. The van der Waals surface area contributed by atoms with Crippen LogP contribution < -0.4 is 5.32 Å². The molecule has 2 aromatic carbocycles. The molecule has 1 fully saturated rings. The zero-order valence-corrected chi connectivity index (χ0v) is 15.2. The maximum Gasteiger partial charge on any atom is 0.254 e. The molecular formula is C21H26N2O3. The first kappa shape index (κ1) is 18.4. The molecule has 0 radical (unpaired) electrons. The largest absolute Gasteiger partial charge is 0.385 e. The van der Waals surface area contributed by atoms with Crippen LogP contribution in [0.25, 0.3) is 10.8 Å². The molecule has 26 heavy (non-hydrogen) atoms. The maximum absolute atomic E-state index is 12.9. The van der Waals surface area contributed by atoms with Gasteiger partial charge in [0.2, 0.25) is 5.91 Å². The summed E-state index contributed by atoms with van der Waals surface area (Å²) in [5, 5.41) is 5.02. The SMILES string of the molecule is COCCCNC(=O)C1CCN(C(=O)c2cccc3ccccc23)CC1. The van der Waals surface area contributed by atoms with Crippen molar-refractivity contribution in [2.45, 2.75) is 19.3 Å². The number of rotatable bonds is 6. The van der Waals surface area contributed by atoms with Crippen molar-refractivity contribution in [1.82, 2.24) is 10.2 Å². The average Bonchev–Trinajstić information content (AvgIpc) is 2.70. The Hall–Kier alpha value is -2.40. The first-order valence-electron chi connectivity index (χ1n) is 9.24. The van der Waals surface area contributed by atoms with Gasteiger partial charge < -0.3 is 15.0 Å². The van der Waals surface area contributed by atoms with E-state index in [1.54, 1.807) is 7.11 Å². The summed E-state index contributed by atoms with van der Waals surface area (Å²) in [4.78, 5) is 27.0. The molecule has 0 bridgehead atoms. The van der Waals surface area contributed by atoms with Gasteiger partial charge in [-0.25, -0.2) is 0 Å². The van der Waals surface area contributed by atoms with Gasteiger partial charge in [0.05, 0.1) is 0 Å². The molecule has 0 aliphatic carbocycles. The highest BCUT2D eigenvalue weighted by Crippen LogP contribution is 2.23. The molecule has 0 saturated carbocycles. The third kappa shape index (κ3) is 4.22. The zero-order chi connectivity index (χ0) is 18.4. The summed E-state index contributed by atoms with van der Waals surface area (Å²) in [6.07, 6.45) is 2.25. The number of carbonyl (C=O) groups excluding carboxylic acids is 2. The molecule has 5 nitrogen and oxygen atoms in total. The van der Waals surface area contributed by atoms with Gasteiger partial charge in [-0.2, -0.15) is 0 Å². The summed E-state index contributed by atoms with van der Waals surface area (Å²) in [5.74, 6) is 0.147. The fourth-order valence-electron chi connectivity index (χ4n) is 3.50. The van der Waals surface area contributed by atoms with E-state index in [0.29, 0.717) is 39.1 Å². The Bertz CT molecular complexity index is 761. The van der Waals surface area contributed by atoms with Crippen molar-refractivity contribution in [3.8, 4) is 0 Å². The van der Waals surface area contributed by atoms with Gasteiger partial charge in [0.25, 0.3) is 5.91 Å². The monoisotopic (exact) mass is 354 g/mol. The number of carbonyl (C=O) groups is 2. The number of nitrogens with zero attached hydrogens (tertiary/aromatic N) is 1. The number of benzene rings is 2. The number of nitrogens with one attached hydrogen (secondary N) is 1. The zero-order valence-electron chi connectivity index (χ0n) is 15.2. The third-order valence-corrected chi connectivity index (χ3v) is 5.00. The van der Waals surface area contributed by atoms with E-state index in [1.807, 2.05) is 47.4 Å². The van der Waals surface area contributed by atoms with E-state index >= 15 is 0 Å². The van der Waals surface area contributed by atoms with Crippen LogP contribution in [0.3, 0.4) is 0 Å². The van der Waals surface area contributed by atoms with Gasteiger partial charge in [0, 0.05) is 44.8 Å². The van der Waals surface area contributed by atoms with E-state index in [2.05, 4.69) is 5.32 Å². The van der Waals surface area contributed by atoms with E-state index in [0.717, 1.165) is 22.8 Å². The molecule has 0 aromatic heterocycles. The Morgan fingerprint density at radius 2 is 1.85 bits per heavy atom. The van der Waals surface area contributed by atoms with Crippen LogP contribution in [-0.4, -0.2) is 50.1 Å². The van der Waals surface area contributed by atoms with Gasteiger partial charge in [-0.3, -0.25) is 9.59 Å². The topological polar surface area (TPSA) is 58.6 Å². The Labute approximate surface area is 154 Å². The molecule has 0 spiro atoms. The summed E-state index contributed by atoms with van der Waals surface area (Å²) in [7, 11) is 1.66. The molecular weight excluding hydrogens is 328 g/mol. The van der Waals surface area contributed by atoms with E-state index in [-0.39, 0.29) is 17.7 Å². The number of piperidine rings is 1. The first-order chi connectivity index (χ1) is 12.7. The predicted molar refractivity (Wildman–Crippen MR) is 102 cm³/mol. The Balaban J connectivity index is 1.57. The van der Waals surface area contributed by atoms with E-state index < -0.39 is 0 Å². The van der Waals surface area contributed by atoms with Gasteiger partial charge in [-0.15, -0.1) is 0 Å². The molecule has 2 amide bonds. The van der Waals surface area contributed by atoms with Crippen LogP contribution in [0.1, 0.15) is 29.6 Å². The summed E-state index contributed by atoms with van der Waals surface area (Å²) in [6.45, 7) is 2.54. The highest BCUT2D eigenvalue weighted by Gasteiger charge is 2.28. The predicted octanol–water partition coefficient (Wildman–Crippen LogP) is 2.84. The van der Waals surface area contributed by atoms with Crippen LogP contribution in [0.15, 0.2) is 42.5 Å². The molecule has 1 aliphatic heterocycles. The molecule has 2 aromatic rings. The Morgan fingerprint density at radius 1 is 1.12 bits per heavy atom. The number of methoxy groups -OCH3 is 1. The lowest BCUT2D eigenvalue weighted by Gasteiger charge is -2.31. The van der Waals surface area contributed by atoms with Crippen molar-refractivity contribution in [2.75, 3.05) is 33.4 Å². The van der Waals surface area contributed by atoms with Crippen LogP contribution in [0.4, 0.5) is 0 Å². The van der Waals surface area contributed by atoms with Crippen LogP contribution in [0, 0.1) is 5.92 Å². The molecule has 1 heterocycles. The molecule has 0 atom stereocenters. The van der Waals surface area contributed by atoms with Crippen molar-refractivity contribution < 1.29 is 14.3 Å². The Morgan fingerprint density at radius 3 is 2.62 bits per heavy atom. The maximum atomic E-state index is 12.9. The van der Waals surface area contributed by atoms with Crippen LogP contribution in [0.5, 0.6) is 0 Å². The summed E-state index contributed by atoms with van der Waals surface area (Å²) in [6, 6.07) is 13.8. The van der Waals surface area contributed by atoms with Crippen molar-refractivity contribution in [2.24, 2.45) is 5.92 Å². The number of ether oxygens (including phenoxy) is 1. The van der Waals surface area contributed by atoms with Crippen LogP contribution >= 0.6 is 0 Å². The van der Waals surface area contributed by atoms with E-state index in [4.69, 9.17) is 4.74 Å². The first-order valence-corrected chi connectivity index (χ1v) is 9.24. The highest BCUT2D eigenvalue weighted by atomic mass is 16.5. The molecule has 1 N–H and O–H groups in total. The van der Waals surface area contributed by atoms with Crippen molar-refractivity contribution >= 4 is 22.6 Å². The number of fused-ring (bicyclic) bond motifs is 1. The summed E-state index contributed by atoms with van der Waals surface area (Å²) < 4.78 is 4.99. The second-order valence-corrected chi connectivity index (χ2v) is 6.73. The van der Waals surface area contributed by atoms with Gasteiger partial charge in [-0.05, 0) is 36.1 Å². The van der Waals surface area contributed by atoms with Crippen molar-refractivity contribution in [1.29, 1.82) is 0 Å². The highest BCUT2D eigenvalue weighted by molar-refractivity contribution is 6.07. The average molecular weight is 354 g/mol. The Kier molecular flexibility index (Phi) is 6.23. The minimum absolute atomic E-state index is 0.00545. The van der Waals surface area contributed by atoms with Crippen LogP contribution in [-0.2, 0) is 9.53 Å².